The zero-order chi connectivity index (χ0) is 46.2. The molecular formula is C49H63N3O13. The first kappa shape index (κ1) is 48.8. The molecule has 0 spiro atoms. The van der Waals surface area contributed by atoms with Crippen LogP contribution in [0.5, 0.6) is 23.0 Å². The maximum absolute atomic E-state index is 14.0. The SMILES string of the molecule is C=CCOC12Oc3ccc(OC(=O)Nc4ccc(OC)cc4OC)cc3C3C(CCCCO)C(CCCCO)C=C(C(=NOCc4ccccc4)CC1N(CCOCCO)C(=O)OC)C32. The van der Waals surface area contributed by atoms with E-state index in [0.717, 1.165) is 29.5 Å². The number of fused-ring (bicyclic) bond motifs is 2. The number of oxime groups is 1. The molecule has 1 aliphatic heterocycles. The molecule has 16 nitrogen and oxygen atoms in total. The monoisotopic (exact) mass is 901 g/mol. The Labute approximate surface area is 380 Å². The quantitative estimate of drug-likeness (QED) is 0.0400. The van der Waals surface area contributed by atoms with Crippen molar-refractivity contribution in [1.82, 2.24) is 4.90 Å². The summed E-state index contributed by atoms with van der Waals surface area (Å²) in [5.41, 5.74) is 3.49. The number of benzene rings is 3. The van der Waals surface area contributed by atoms with Crippen molar-refractivity contribution >= 4 is 23.6 Å². The minimum absolute atomic E-state index is 0.0271. The Hall–Kier alpha value is -5.65. The average molecular weight is 902 g/mol. The predicted octanol–water partition coefficient (Wildman–Crippen LogP) is 7.23. The first-order valence-corrected chi connectivity index (χ1v) is 22.2. The van der Waals surface area contributed by atoms with Crippen molar-refractivity contribution in [2.75, 3.05) is 72.8 Å². The van der Waals surface area contributed by atoms with Crippen LogP contribution in [0.3, 0.4) is 0 Å². The minimum atomic E-state index is -1.56. The van der Waals surface area contributed by atoms with Gasteiger partial charge in [0.25, 0.3) is 0 Å². The van der Waals surface area contributed by atoms with E-state index in [1.54, 1.807) is 36.4 Å². The lowest BCUT2D eigenvalue weighted by Gasteiger charge is -2.59. The Morgan fingerprint density at radius 1 is 0.923 bits per heavy atom. The fourth-order valence-electron chi connectivity index (χ4n) is 9.44. The minimum Gasteiger partial charge on any atom is -0.497 e. The molecule has 6 unspecified atom stereocenters. The van der Waals surface area contributed by atoms with Crippen molar-refractivity contribution in [3.05, 3.63) is 102 Å². The van der Waals surface area contributed by atoms with E-state index in [2.05, 4.69) is 18.0 Å². The molecular weight excluding hydrogens is 839 g/mol. The van der Waals surface area contributed by atoms with Crippen molar-refractivity contribution in [3.63, 3.8) is 0 Å². The van der Waals surface area contributed by atoms with Crippen LogP contribution in [0.25, 0.3) is 0 Å². The number of aliphatic hydroxyl groups is 3. The molecule has 16 heteroatoms. The number of methoxy groups -OCH3 is 3. The van der Waals surface area contributed by atoms with Gasteiger partial charge in [-0.15, -0.1) is 6.58 Å². The summed E-state index contributed by atoms with van der Waals surface area (Å²) in [7, 11) is 4.34. The molecule has 65 heavy (non-hydrogen) atoms. The normalized spacial score (nSPS) is 22.3. The van der Waals surface area contributed by atoms with Crippen molar-refractivity contribution in [1.29, 1.82) is 0 Å². The van der Waals surface area contributed by atoms with Crippen LogP contribution >= 0.6 is 0 Å². The highest BCUT2D eigenvalue weighted by Crippen LogP contribution is 2.62. The summed E-state index contributed by atoms with van der Waals surface area (Å²) in [6, 6.07) is 19.0. The van der Waals surface area contributed by atoms with E-state index in [0.29, 0.717) is 54.3 Å². The summed E-state index contributed by atoms with van der Waals surface area (Å²) in [6.45, 7) is 4.33. The van der Waals surface area contributed by atoms with Gasteiger partial charge in [-0.25, -0.2) is 9.59 Å². The van der Waals surface area contributed by atoms with Gasteiger partial charge in [0.1, 0.15) is 35.6 Å². The van der Waals surface area contributed by atoms with Gasteiger partial charge in [0.05, 0.1) is 65.1 Å². The fourth-order valence-corrected chi connectivity index (χ4v) is 9.44. The Kier molecular flexibility index (Phi) is 18.0. The average Bonchev–Trinajstić information content (AvgIpc) is 3.32. The third-order valence-corrected chi connectivity index (χ3v) is 12.2. The van der Waals surface area contributed by atoms with Gasteiger partial charge in [0.2, 0.25) is 5.79 Å². The second kappa shape index (κ2) is 24.0. The molecule has 352 valence electrons. The smallest absolute Gasteiger partial charge is 0.417 e. The number of nitrogens with one attached hydrogen (secondary N) is 1. The van der Waals surface area contributed by atoms with Crippen LogP contribution in [0.2, 0.25) is 0 Å². The van der Waals surface area contributed by atoms with Gasteiger partial charge in [0, 0.05) is 43.7 Å². The van der Waals surface area contributed by atoms with Crippen LogP contribution in [0.4, 0.5) is 15.3 Å². The summed E-state index contributed by atoms with van der Waals surface area (Å²) in [4.78, 5) is 35.3. The lowest BCUT2D eigenvalue weighted by molar-refractivity contribution is -0.255. The van der Waals surface area contributed by atoms with Crippen LogP contribution in [0, 0.1) is 17.8 Å². The number of allylic oxidation sites excluding steroid dienone is 1. The van der Waals surface area contributed by atoms with Gasteiger partial charge in [-0.3, -0.25) is 10.2 Å². The zero-order valence-corrected chi connectivity index (χ0v) is 37.5. The van der Waals surface area contributed by atoms with E-state index in [4.69, 9.17) is 43.2 Å². The number of carbonyl (C=O) groups excluding carboxylic acids is 2. The van der Waals surface area contributed by atoms with Gasteiger partial charge in [-0.2, -0.15) is 0 Å². The van der Waals surface area contributed by atoms with E-state index in [9.17, 15) is 24.9 Å². The van der Waals surface area contributed by atoms with E-state index >= 15 is 0 Å². The van der Waals surface area contributed by atoms with Gasteiger partial charge in [0.15, 0.2) is 0 Å². The topological polar surface area (TPSA) is 196 Å². The lowest BCUT2D eigenvalue weighted by Crippen LogP contribution is -2.70. The maximum Gasteiger partial charge on any atom is 0.417 e. The van der Waals surface area contributed by atoms with Crippen LogP contribution < -0.4 is 24.3 Å². The number of hydrogen-bond acceptors (Lipinski definition) is 14. The molecule has 3 aromatic rings. The molecule has 0 radical (unpaired) electrons. The van der Waals surface area contributed by atoms with Crippen LogP contribution in [-0.2, 0) is 25.7 Å². The zero-order valence-electron chi connectivity index (χ0n) is 37.5. The van der Waals surface area contributed by atoms with Crippen LogP contribution in [0.15, 0.2) is 96.2 Å². The number of carbonyl (C=O) groups is 2. The number of unbranched alkanes of at least 4 members (excludes halogenated alkanes) is 2. The van der Waals surface area contributed by atoms with Gasteiger partial charge >= 0.3 is 12.2 Å². The lowest BCUT2D eigenvalue weighted by atomic mass is 9.55. The van der Waals surface area contributed by atoms with Crippen LogP contribution in [-0.4, -0.2) is 117 Å². The van der Waals surface area contributed by atoms with Crippen molar-refractivity contribution in [3.8, 4) is 23.0 Å². The molecule has 1 fully saturated rings. The van der Waals surface area contributed by atoms with E-state index in [1.165, 1.54) is 26.2 Å². The Bertz CT molecular complexity index is 2100. The molecule has 2 aliphatic carbocycles. The number of ether oxygens (including phenoxy) is 7. The largest absolute Gasteiger partial charge is 0.497 e. The number of aliphatic hydroxyl groups excluding tert-OH is 3. The highest BCUT2D eigenvalue weighted by atomic mass is 16.7. The molecule has 0 bridgehead atoms. The maximum atomic E-state index is 14.0. The molecule has 3 aliphatic rings. The van der Waals surface area contributed by atoms with Gasteiger partial charge in [-0.05, 0) is 79.0 Å². The predicted molar refractivity (Wildman–Crippen MR) is 242 cm³/mol. The summed E-state index contributed by atoms with van der Waals surface area (Å²) in [5.74, 6) is -1.03. The molecule has 6 rings (SSSR count). The van der Waals surface area contributed by atoms with Crippen LogP contribution in [0.1, 0.15) is 62.0 Å². The second-order valence-electron chi connectivity index (χ2n) is 16.1. The van der Waals surface area contributed by atoms with Crippen molar-refractivity contribution in [2.24, 2.45) is 22.9 Å². The summed E-state index contributed by atoms with van der Waals surface area (Å²) in [6.07, 6.45) is 6.73. The first-order valence-electron chi connectivity index (χ1n) is 22.2. The molecule has 4 N–H and O–H groups in total. The first-order chi connectivity index (χ1) is 31.7. The number of anilines is 1. The molecule has 2 amide bonds. The molecule has 0 saturated heterocycles. The Balaban J connectivity index is 1.52. The number of amides is 2. The summed E-state index contributed by atoms with van der Waals surface area (Å²) in [5, 5.41) is 37.0. The molecule has 1 heterocycles. The Morgan fingerprint density at radius 2 is 1.69 bits per heavy atom. The highest BCUT2D eigenvalue weighted by molar-refractivity contribution is 6.03. The summed E-state index contributed by atoms with van der Waals surface area (Å²) >= 11 is 0. The Morgan fingerprint density at radius 3 is 2.40 bits per heavy atom. The van der Waals surface area contributed by atoms with Gasteiger partial charge < -0.3 is 53.3 Å². The van der Waals surface area contributed by atoms with Crippen molar-refractivity contribution < 1.29 is 62.9 Å². The third kappa shape index (κ3) is 11.6. The fraction of sp³-hybridized carbons (Fsp3) is 0.490. The van der Waals surface area contributed by atoms with Crippen molar-refractivity contribution in [2.45, 2.75) is 69.3 Å². The number of nitrogens with zero attached hydrogens (tertiary/aromatic N) is 2. The standard InChI is InChI=1S/C49H63N3O13/c1-5-25-62-49-44(52(48(57)60-4)21-26-61-27-24-55)31-41(51-63-32-33-13-7-6-8-14-33)38-28-34(15-9-11-22-53)37(16-10-12-23-54)45(46(38)49)39-29-36(18-20-42(39)65-49)64-47(56)50-40-19-17-35(58-2)30-43(40)59-3/h5-8,13-14,17-20,28-30,34,37,44-46,53-55H,1,9-12,15-16,21-27,31-32H2,2-4H3,(H,50,56). The molecule has 1 saturated carbocycles. The van der Waals surface area contributed by atoms with E-state index in [-0.39, 0.29) is 82.7 Å². The molecule has 0 aromatic heterocycles. The third-order valence-electron chi connectivity index (χ3n) is 12.2. The number of rotatable bonds is 24. The highest BCUT2D eigenvalue weighted by Gasteiger charge is 2.65. The second-order valence-corrected chi connectivity index (χ2v) is 16.1. The summed E-state index contributed by atoms with van der Waals surface area (Å²) < 4.78 is 42.1. The van der Waals surface area contributed by atoms with E-state index in [1.807, 2.05) is 36.4 Å². The number of hydrogen-bond donors (Lipinski definition) is 4. The van der Waals surface area contributed by atoms with E-state index < -0.39 is 29.9 Å². The molecule has 6 atom stereocenters. The molecule has 3 aromatic carbocycles. The van der Waals surface area contributed by atoms with Gasteiger partial charge in [-0.1, -0.05) is 60.5 Å².